The third-order valence-corrected chi connectivity index (χ3v) is 4.45. The highest BCUT2D eigenvalue weighted by Gasteiger charge is 2.32. The van der Waals surface area contributed by atoms with Crippen LogP contribution in [0.15, 0.2) is 0 Å². The number of carbonyl (C=O) groups excluding carboxylic acids is 1. The van der Waals surface area contributed by atoms with Gasteiger partial charge in [0.25, 0.3) is 0 Å². The van der Waals surface area contributed by atoms with Gasteiger partial charge in [0.05, 0.1) is 0 Å². The van der Waals surface area contributed by atoms with E-state index in [1.807, 2.05) is 25.7 Å². The summed E-state index contributed by atoms with van der Waals surface area (Å²) in [5.74, 6) is 0. The van der Waals surface area contributed by atoms with Gasteiger partial charge in [0.1, 0.15) is 5.60 Å². The number of nitrogens with one attached hydrogen (secondary N) is 1. The maximum atomic E-state index is 12.3. The van der Waals surface area contributed by atoms with Crippen molar-refractivity contribution in [3.05, 3.63) is 0 Å². The highest BCUT2D eigenvalue weighted by atomic mass is 16.6. The zero-order valence-electron chi connectivity index (χ0n) is 16.2. The highest BCUT2D eigenvalue weighted by Crippen LogP contribution is 2.24. The maximum Gasteiger partial charge on any atom is 0.410 e. The molecule has 1 aliphatic heterocycles. The van der Waals surface area contributed by atoms with Crippen molar-refractivity contribution in [1.82, 2.24) is 10.2 Å². The number of ether oxygens (including phenoxy) is 1. The zero-order valence-corrected chi connectivity index (χ0v) is 16.2. The summed E-state index contributed by atoms with van der Waals surface area (Å²) in [6.45, 7) is 15.4. The van der Waals surface area contributed by atoms with Gasteiger partial charge in [-0.05, 0) is 45.4 Å². The Bertz CT molecular complexity index is 361. The molecule has 1 rings (SSSR count). The van der Waals surface area contributed by atoms with Crippen molar-refractivity contribution in [1.29, 1.82) is 0 Å². The van der Waals surface area contributed by atoms with Crippen molar-refractivity contribution in [3.8, 4) is 0 Å². The van der Waals surface area contributed by atoms with E-state index in [-0.39, 0.29) is 12.1 Å². The molecule has 0 aromatic rings. The monoisotopic (exact) mass is 326 g/mol. The lowest BCUT2D eigenvalue weighted by Crippen LogP contribution is -2.45. The Hall–Kier alpha value is -0.770. The molecule has 0 aliphatic carbocycles. The quantitative estimate of drug-likeness (QED) is 0.664. The van der Waals surface area contributed by atoms with Gasteiger partial charge in [-0.25, -0.2) is 4.79 Å². The molecule has 1 fully saturated rings. The molecule has 1 unspecified atom stereocenters. The molecule has 0 aromatic carbocycles. The molecule has 0 spiro atoms. The van der Waals surface area contributed by atoms with Crippen LogP contribution in [0.1, 0.15) is 80.1 Å². The Kier molecular flexibility index (Phi) is 7.85. The molecular formula is C19H38N2O2. The fraction of sp³-hybridized carbons (Fsp3) is 0.947. The van der Waals surface area contributed by atoms with E-state index >= 15 is 0 Å². The summed E-state index contributed by atoms with van der Waals surface area (Å²) in [6, 6.07) is 0.274. The second-order valence-electron chi connectivity index (χ2n) is 8.72. The first-order valence-electron chi connectivity index (χ1n) is 9.35. The third-order valence-electron chi connectivity index (χ3n) is 4.45. The summed E-state index contributed by atoms with van der Waals surface area (Å²) >= 11 is 0. The molecule has 136 valence electrons. The van der Waals surface area contributed by atoms with Gasteiger partial charge in [-0.3, -0.25) is 0 Å². The molecule has 0 aromatic heterocycles. The molecule has 1 atom stereocenters. The van der Waals surface area contributed by atoms with Gasteiger partial charge in [-0.15, -0.1) is 0 Å². The van der Waals surface area contributed by atoms with Gasteiger partial charge >= 0.3 is 6.09 Å². The maximum absolute atomic E-state index is 12.3. The molecule has 0 saturated carbocycles. The van der Waals surface area contributed by atoms with Gasteiger partial charge in [0.15, 0.2) is 0 Å². The topological polar surface area (TPSA) is 41.6 Å². The largest absolute Gasteiger partial charge is 0.444 e. The summed E-state index contributed by atoms with van der Waals surface area (Å²) in [5.41, 5.74) is -0.0938. The van der Waals surface area contributed by atoms with Crippen LogP contribution in [0.5, 0.6) is 0 Å². The molecule has 1 saturated heterocycles. The summed E-state index contributed by atoms with van der Waals surface area (Å²) < 4.78 is 5.52. The van der Waals surface area contributed by atoms with Crippen LogP contribution in [0.25, 0.3) is 0 Å². The van der Waals surface area contributed by atoms with Crippen LogP contribution in [0.3, 0.4) is 0 Å². The van der Waals surface area contributed by atoms with Gasteiger partial charge < -0.3 is 15.0 Å². The van der Waals surface area contributed by atoms with E-state index in [0.717, 1.165) is 32.5 Å². The fourth-order valence-electron chi connectivity index (χ4n) is 3.13. The molecule has 0 radical (unpaired) electrons. The Morgan fingerprint density at radius 1 is 1.22 bits per heavy atom. The van der Waals surface area contributed by atoms with E-state index in [4.69, 9.17) is 4.74 Å². The predicted octanol–water partition coefficient (Wildman–Crippen LogP) is 4.58. The summed E-state index contributed by atoms with van der Waals surface area (Å²) in [6.07, 6.45) is 7.14. The van der Waals surface area contributed by atoms with Crippen LogP contribution in [-0.2, 0) is 4.74 Å². The van der Waals surface area contributed by atoms with E-state index in [9.17, 15) is 4.79 Å². The van der Waals surface area contributed by atoms with E-state index in [0.29, 0.717) is 5.41 Å². The van der Waals surface area contributed by atoms with Gasteiger partial charge in [-0.1, -0.05) is 40.0 Å². The van der Waals surface area contributed by atoms with Crippen LogP contribution in [-0.4, -0.2) is 42.3 Å². The first-order valence-corrected chi connectivity index (χ1v) is 9.35. The Morgan fingerprint density at radius 3 is 2.52 bits per heavy atom. The second kappa shape index (κ2) is 8.91. The van der Waals surface area contributed by atoms with Crippen LogP contribution < -0.4 is 5.32 Å². The average Bonchev–Trinajstić information content (AvgIpc) is 2.85. The number of rotatable bonds is 8. The number of unbranched alkanes of at least 4 members (excludes halogenated alkanes) is 2. The minimum atomic E-state index is -0.418. The molecular weight excluding hydrogens is 288 g/mol. The standard InChI is InChI=1S/C19H38N2O2/c1-7-8-9-12-19(5,6)15-20-14-16-11-10-13-21(16)17(22)23-18(2,3)4/h16,20H,7-15H2,1-6H3. The lowest BCUT2D eigenvalue weighted by Gasteiger charge is -2.30. The average molecular weight is 327 g/mol. The first kappa shape index (κ1) is 20.3. The van der Waals surface area contributed by atoms with Crippen molar-refractivity contribution < 1.29 is 9.53 Å². The number of amides is 1. The molecule has 1 heterocycles. The highest BCUT2D eigenvalue weighted by molar-refractivity contribution is 5.69. The van der Waals surface area contributed by atoms with Crippen LogP contribution in [0.2, 0.25) is 0 Å². The molecule has 23 heavy (non-hydrogen) atoms. The SMILES string of the molecule is CCCCCC(C)(C)CNCC1CCCN1C(=O)OC(C)(C)C. The molecule has 0 bridgehead atoms. The zero-order chi connectivity index (χ0) is 17.5. The summed E-state index contributed by atoms with van der Waals surface area (Å²) in [4.78, 5) is 14.2. The number of likely N-dealkylation sites (tertiary alicyclic amines) is 1. The van der Waals surface area contributed by atoms with Crippen molar-refractivity contribution in [2.45, 2.75) is 91.7 Å². The van der Waals surface area contributed by atoms with Crippen molar-refractivity contribution in [2.24, 2.45) is 5.41 Å². The smallest absolute Gasteiger partial charge is 0.410 e. The molecule has 4 nitrogen and oxygen atoms in total. The lowest BCUT2D eigenvalue weighted by atomic mass is 9.87. The van der Waals surface area contributed by atoms with Gasteiger partial charge in [-0.2, -0.15) is 0 Å². The van der Waals surface area contributed by atoms with Crippen LogP contribution in [0, 0.1) is 5.41 Å². The molecule has 1 amide bonds. The van der Waals surface area contributed by atoms with E-state index in [1.165, 1.54) is 25.7 Å². The number of carbonyl (C=O) groups is 1. The predicted molar refractivity (Wildman–Crippen MR) is 96.8 cm³/mol. The molecule has 1 aliphatic rings. The Labute approximate surface area is 143 Å². The first-order chi connectivity index (χ1) is 10.6. The van der Waals surface area contributed by atoms with Crippen LogP contribution >= 0.6 is 0 Å². The van der Waals surface area contributed by atoms with E-state index in [2.05, 4.69) is 26.1 Å². The lowest BCUT2D eigenvalue weighted by molar-refractivity contribution is 0.0225. The number of hydrogen-bond donors (Lipinski definition) is 1. The fourth-order valence-corrected chi connectivity index (χ4v) is 3.13. The van der Waals surface area contributed by atoms with Crippen molar-refractivity contribution in [2.75, 3.05) is 19.6 Å². The van der Waals surface area contributed by atoms with E-state index in [1.54, 1.807) is 0 Å². The second-order valence-corrected chi connectivity index (χ2v) is 8.72. The van der Waals surface area contributed by atoms with Gasteiger partial charge in [0.2, 0.25) is 0 Å². The molecule has 1 N–H and O–H groups in total. The Balaban J connectivity index is 2.37. The molecule has 4 heteroatoms. The normalized spacial score (nSPS) is 19.2. The summed E-state index contributed by atoms with van der Waals surface area (Å²) in [7, 11) is 0. The van der Waals surface area contributed by atoms with E-state index < -0.39 is 5.60 Å². The number of nitrogens with zero attached hydrogens (tertiary/aromatic N) is 1. The Morgan fingerprint density at radius 2 is 1.91 bits per heavy atom. The van der Waals surface area contributed by atoms with Crippen molar-refractivity contribution >= 4 is 6.09 Å². The van der Waals surface area contributed by atoms with Crippen molar-refractivity contribution in [3.63, 3.8) is 0 Å². The van der Waals surface area contributed by atoms with Gasteiger partial charge in [0, 0.05) is 25.7 Å². The minimum Gasteiger partial charge on any atom is -0.444 e. The third kappa shape index (κ3) is 8.05. The van der Waals surface area contributed by atoms with Crippen LogP contribution in [0.4, 0.5) is 4.79 Å². The minimum absolute atomic E-state index is 0.163. The number of hydrogen-bond acceptors (Lipinski definition) is 3. The summed E-state index contributed by atoms with van der Waals surface area (Å²) in [5, 5.41) is 3.59.